The van der Waals surface area contributed by atoms with Crippen LogP contribution < -0.4 is 4.90 Å². The Bertz CT molecular complexity index is 1210. The van der Waals surface area contributed by atoms with E-state index in [4.69, 9.17) is 11.6 Å². The lowest BCUT2D eigenvalue weighted by atomic mass is 10.0. The number of pyridine rings is 1. The summed E-state index contributed by atoms with van der Waals surface area (Å²) in [4.78, 5) is 19.4. The van der Waals surface area contributed by atoms with Gasteiger partial charge in [0.1, 0.15) is 5.82 Å². The monoisotopic (exact) mass is 348 g/mol. The molecule has 4 aromatic rings. The minimum Gasteiger partial charge on any atom is -0.275 e. The summed E-state index contributed by atoms with van der Waals surface area (Å²) in [6.07, 6.45) is 0. The Labute approximate surface area is 147 Å². The molecule has 0 N–H and O–H groups in total. The number of aromatic nitrogens is 1. The van der Waals surface area contributed by atoms with Crippen LogP contribution in [-0.2, 0) is 0 Å². The maximum absolute atomic E-state index is 13.8. The fourth-order valence-electron chi connectivity index (χ4n) is 3.45. The first-order valence-corrected chi connectivity index (χ1v) is 8.14. The molecule has 0 saturated carbocycles. The van der Waals surface area contributed by atoms with Crippen molar-refractivity contribution < 1.29 is 9.18 Å². The van der Waals surface area contributed by atoms with Crippen molar-refractivity contribution in [2.45, 2.75) is 0 Å². The van der Waals surface area contributed by atoms with Crippen LogP contribution in [0.25, 0.3) is 21.8 Å². The van der Waals surface area contributed by atoms with Gasteiger partial charge in [0.25, 0.3) is 5.91 Å². The Morgan fingerprint density at radius 1 is 0.920 bits per heavy atom. The molecule has 1 amide bonds. The first kappa shape index (κ1) is 14.4. The van der Waals surface area contributed by atoms with E-state index in [1.54, 1.807) is 23.1 Å². The van der Waals surface area contributed by atoms with Crippen molar-refractivity contribution in [1.29, 1.82) is 0 Å². The number of halogens is 2. The second kappa shape index (κ2) is 5.01. The number of benzene rings is 3. The van der Waals surface area contributed by atoms with Gasteiger partial charge in [0, 0.05) is 10.8 Å². The van der Waals surface area contributed by atoms with E-state index in [9.17, 15) is 9.18 Å². The van der Waals surface area contributed by atoms with Crippen LogP contribution in [0.3, 0.4) is 0 Å². The van der Waals surface area contributed by atoms with E-state index in [-0.39, 0.29) is 5.91 Å². The minimum atomic E-state index is -0.397. The molecule has 1 aliphatic rings. The molecule has 3 nitrogen and oxygen atoms in total. The number of carbonyl (C=O) groups excluding carboxylic acids is 1. The smallest absolute Gasteiger partial charge is 0.264 e. The van der Waals surface area contributed by atoms with E-state index in [2.05, 4.69) is 4.98 Å². The van der Waals surface area contributed by atoms with Gasteiger partial charge >= 0.3 is 0 Å². The normalized spacial score (nSPS) is 13.2. The zero-order valence-electron chi connectivity index (χ0n) is 12.8. The van der Waals surface area contributed by atoms with Crippen LogP contribution in [0, 0.1) is 5.82 Å². The first-order chi connectivity index (χ1) is 12.1. The summed E-state index contributed by atoms with van der Waals surface area (Å²) in [5.74, 6) is -0.622. The third-order valence-electron chi connectivity index (χ3n) is 4.49. The molecule has 5 heteroatoms. The van der Waals surface area contributed by atoms with Gasteiger partial charge in [0.15, 0.2) is 0 Å². The fraction of sp³-hybridized carbons (Fsp3) is 0. The lowest BCUT2D eigenvalue weighted by Gasteiger charge is -2.19. The maximum atomic E-state index is 13.8. The van der Waals surface area contributed by atoms with Crippen molar-refractivity contribution in [2.75, 3.05) is 4.90 Å². The number of hydrogen-bond acceptors (Lipinski definition) is 2. The topological polar surface area (TPSA) is 33.2 Å². The Morgan fingerprint density at radius 2 is 1.72 bits per heavy atom. The average molecular weight is 349 g/mol. The van der Waals surface area contributed by atoms with Crippen LogP contribution in [0.4, 0.5) is 15.8 Å². The summed E-state index contributed by atoms with van der Waals surface area (Å²) >= 11 is 6.32. The molecule has 120 valence electrons. The van der Waals surface area contributed by atoms with Crippen molar-refractivity contribution in [3.05, 3.63) is 77.1 Å². The zero-order chi connectivity index (χ0) is 17.1. The SMILES string of the molecule is O=C1c2c3cc(F)ccc3nc3cccc(c23)N1c1ccccc1Cl. The predicted octanol–water partition coefficient (Wildman–Crippen LogP) is 5.47. The Hall–Kier alpha value is -2.98. The molecule has 0 radical (unpaired) electrons. The van der Waals surface area contributed by atoms with Crippen LogP contribution in [0.5, 0.6) is 0 Å². The standard InChI is InChI=1S/C20H10ClFN2O/c21-13-4-1-2-6-16(13)24-17-7-3-5-15-19(17)18(20(24)25)12-10-11(22)8-9-14(12)23-15/h1-10H. The largest absolute Gasteiger partial charge is 0.275 e. The van der Waals surface area contributed by atoms with Crippen molar-refractivity contribution in [2.24, 2.45) is 0 Å². The van der Waals surface area contributed by atoms with Crippen LogP contribution in [0.1, 0.15) is 10.4 Å². The summed E-state index contributed by atoms with van der Waals surface area (Å²) < 4.78 is 13.8. The molecule has 2 heterocycles. The van der Waals surface area contributed by atoms with Gasteiger partial charge in [-0.05, 0) is 42.5 Å². The van der Waals surface area contributed by atoms with E-state index < -0.39 is 5.82 Å². The number of para-hydroxylation sites is 1. The van der Waals surface area contributed by atoms with Gasteiger partial charge in [-0.2, -0.15) is 0 Å². The average Bonchev–Trinajstić information content (AvgIpc) is 2.91. The van der Waals surface area contributed by atoms with Gasteiger partial charge in [-0.1, -0.05) is 29.8 Å². The number of anilines is 2. The van der Waals surface area contributed by atoms with E-state index in [0.29, 0.717) is 38.4 Å². The van der Waals surface area contributed by atoms with Crippen LogP contribution in [-0.4, -0.2) is 10.9 Å². The molecule has 25 heavy (non-hydrogen) atoms. The molecule has 0 unspecified atom stereocenters. The Balaban J connectivity index is 1.91. The van der Waals surface area contributed by atoms with Gasteiger partial charge in [0.05, 0.1) is 33.0 Å². The highest BCUT2D eigenvalue weighted by atomic mass is 35.5. The lowest BCUT2D eigenvalue weighted by Crippen LogP contribution is -2.21. The number of carbonyl (C=O) groups is 1. The van der Waals surface area contributed by atoms with E-state index in [1.807, 2.05) is 30.3 Å². The van der Waals surface area contributed by atoms with E-state index in [1.165, 1.54) is 12.1 Å². The highest BCUT2D eigenvalue weighted by molar-refractivity contribution is 6.37. The molecule has 0 aliphatic carbocycles. The van der Waals surface area contributed by atoms with Gasteiger partial charge in [-0.3, -0.25) is 9.69 Å². The number of fused-ring (bicyclic) bond motifs is 2. The predicted molar refractivity (Wildman–Crippen MR) is 97.1 cm³/mol. The first-order valence-electron chi connectivity index (χ1n) is 7.76. The Morgan fingerprint density at radius 3 is 2.56 bits per heavy atom. The second-order valence-electron chi connectivity index (χ2n) is 5.91. The summed E-state index contributed by atoms with van der Waals surface area (Å²) in [7, 11) is 0. The summed E-state index contributed by atoms with van der Waals surface area (Å²) in [5, 5.41) is 1.72. The third-order valence-corrected chi connectivity index (χ3v) is 4.81. The molecule has 3 aromatic carbocycles. The van der Waals surface area contributed by atoms with Crippen molar-refractivity contribution in [1.82, 2.24) is 4.98 Å². The number of hydrogen-bond donors (Lipinski definition) is 0. The highest BCUT2D eigenvalue weighted by Crippen LogP contribution is 2.45. The van der Waals surface area contributed by atoms with E-state index >= 15 is 0 Å². The quantitative estimate of drug-likeness (QED) is 0.427. The number of amides is 1. The molecular formula is C20H10ClFN2O. The zero-order valence-corrected chi connectivity index (χ0v) is 13.6. The minimum absolute atomic E-state index is 0.225. The lowest BCUT2D eigenvalue weighted by molar-refractivity contribution is 0.101. The van der Waals surface area contributed by atoms with Crippen molar-refractivity contribution >= 4 is 50.7 Å². The summed E-state index contributed by atoms with van der Waals surface area (Å²) in [5.41, 5.74) is 3.08. The van der Waals surface area contributed by atoms with Crippen LogP contribution in [0.15, 0.2) is 60.7 Å². The van der Waals surface area contributed by atoms with Gasteiger partial charge < -0.3 is 0 Å². The highest BCUT2D eigenvalue weighted by Gasteiger charge is 2.34. The summed E-state index contributed by atoms with van der Waals surface area (Å²) in [6, 6.07) is 17.0. The molecule has 0 fully saturated rings. The number of nitrogens with zero attached hydrogens (tertiary/aromatic N) is 2. The second-order valence-corrected chi connectivity index (χ2v) is 6.32. The molecular weight excluding hydrogens is 339 g/mol. The third kappa shape index (κ3) is 1.91. The molecule has 0 spiro atoms. The summed E-state index contributed by atoms with van der Waals surface area (Å²) in [6.45, 7) is 0. The van der Waals surface area contributed by atoms with Crippen LogP contribution >= 0.6 is 11.6 Å². The molecule has 0 atom stereocenters. The van der Waals surface area contributed by atoms with Crippen LogP contribution in [0.2, 0.25) is 5.02 Å². The van der Waals surface area contributed by atoms with Crippen molar-refractivity contribution in [3.63, 3.8) is 0 Å². The van der Waals surface area contributed by atoms with Gasteiger partial charge in [-0.25, -0.2) is 9.37 Å². The Kier molecular flexibility index (Phi) is 2.88. The molecule has 0 bridgehead atoms. The molecule has 5 rings (SSSR count). The molecule has 1 aromatic heterocycles. The van der Waals surface area contributed by atoms with Gasteiger partial charge in [0.2, 0.25) is 0 Å². The number of rotatable bonds is 1. The van der Waals surface area contributed by atoms with Gasteiger partial charge in [-0.15, -0.1) is 0 Å². The molecule has 1 aliphatic heterocycles. The molecule has 0 saturated heterocycles. The van der Waals surface area contributed by atoms with Crippen molar-refractivity contribution in [3.8, 4) is 0 Å². The fourth-order valence-corrected chi connectivity index (χ4v) is 3.67. The van der Waals surface area contributed by atoms with E-state index in [0.717, 1.165) is 5.39 Å². The maximum Gasteiger partial charge on any atom is 0.264 e.